The number of rotatable bonds is 12. The summed E-state index contributed by atoms with van der Waals surface area (Å²) in [5.74, 6) is 0.00851. The Balaban J connectivity index is 0.962. The van der Waals surface area contributed by atoms with E-state index in [2.05, 4.69) is 16.5 Å². The average molecular weight is 709 g/mol. The van der Waals surface area contributed by atoms with Gasteiger partial charge in [-0.3, -0.25) is 19.2 Å². The lowest BCUT2D eigenvalue weighted by molar-refractivity contribution is 0.0955. The van der Waals surface area contributed by atoms with E-state index in [9.17, 15) is 19.2 Å². The van der Waals surface area contributed by atoms with E-state index in [0.717, 1.165) is 61.3 Å². The number of Topliss-reactive ketones (excluding diaryl/α,β-unsaturated/α-hetero) is 2. The summed E-state index contributed by atoms with van der Waals surface area (Å²) >= 11 is 0. The molecular weight excluding hydrogens is 669 g/mol. The second kappa shape index (κ2) is 14.2. The van der Waals surface area contributed by atoms with E-state index in [0.29, 0.717) is 59.1 Å². The molecule has 0 saturated carbocycles. The first-order valence-corrected chi connectivity index (χ1v) is 18.6. The molecule has 0 saturated heterocycles. The van der Waals surface area contributed by atoms with Crippen molar-refractivity contribution in [3.63, 3.8) is 0 Å². The molecule has 54 heavy (non-hydrogen) atoms. The van der Waals surface area contributed by atoms with E-state index >= 15 is 0 Å². The predicted octanol–water partition coefficient (Wildman–Crippen LogP) is 11.2. The van der Waals surface area contributed by atoms with Crippen LogP contribution in [0.15, 0.2) is 121 Å². The number of fused-ring (bicyclic) bond motifs is 6. The monoisotopic (exact) mass is 708 g/mol. The second-order valence-corrected chi connectivity index (χ2v) is 14.2. The smallest absolute Gasteiger partial charge is 0.193 e. The summed E-state index contributed by atoms with van der Waals surface area (Å²) in [5.41, 5.74) is 9.56. The minimum Gasteiger partial charge on any atom is -0.355 e. The first-order valence-electron chi connectivity index (χ1n) is 18.6. The van der Waals surface area contributed by atoms with Gasteiger partial charge in [-0.2, -0.15) is 0 Å². The molecule has 6 heteroatoms. The minimum absolute atomic E-state index is 0.0185. The van der Waals surface area contributed by atoms with Gasteiger partial charge in [0.2, 0.25) is 0 Å². The predicted molar refractivity (Wildman–Crippen MR) is 217 cm³/mol. The van der Waals surface area contributed by atoms with Crippen molar-refractivity contribution in [2.45, 2.75) is 53.0 Å². The molecule has 0 radical (unpaired) electrons. The largest absolute Gasteiger partial charge is 0.355 e. The van der Waals surface area contributed by atoms with Crippen LogP contribution >= 0.6 is 0 Å². The Labute approximate surface area is 313 Å². The molecule has 2 heterocycles. The number of H-pyrrole nitrogens is 1. The van der Waals surface area contributed by atoms with E-state index in [1.165, 1.54) is 0 Å². The molecule has 0 bridgehead atoms. The summed E-state index contributed by atoms with van der Waals surface area (Å²) in [5, 5.41) is 3.70. The van der Waals surface area contributed by atoms with Gasteiger partial charge in [-0.15, -0.1) is 0 Å². The van der Waals surface area contributed by atoms with Crippen LogP contribution in [0.4, 0.5) is 0 Å². The SMILES string of the molecule is CCn1c2ccc(C(=O)CCCCC(=O)c3ccc4[nH]c5ccc(C(=O)c6ccccc6C)cc5c4c3)cc2c2cc(C(=O)c3ccccc3C)ccc21. The molecule has 2 aromatic heterocycles. The van der Waals surface area contributed by atoms with Crippen LogP contribution in [-0.4, -0.2) is 32.7 Å². The fourth-order valence-electron chi connectivity index (χ4n) is 7.80. The number of benzene rings is 6. The van der Waals surface area contributed by atoms with Gasteiger partial charge in [0.05, 0.1) is 0 Å². The summed E-state index contributed by atoms with van der Waals surface area (Å²) in [7, 11) is 0. The maximum atomic E-state index is 13.5. The molecule has 0 aliphatic rings. The number of ketones is 4. The Morgan fingerprint density at radius 2 is 0.907 bits per heavy atom. The summed E-state index contributed by atoms with van der Waals surface area (Å²) in [4.78, 5) is 57.1. The molecule has 6 aromatic carbocycles. The summed E-state index contributed by atoms with van der Waals surface area (Å²) < 4.78 is 2.21. The van der Waals surface area contributed by atoms with Crippen LogP contribution in [0, 0.1) is 13.8 Å². The van der Waals surface area contributed by atoms with Gasteiger partial charge in [0.25, 0.3) is 0 Å². The third-order valence-electron chi connectivity index (χ3n) is 10.8. The Bertz CT molecular complexity index is 2820. The highest BCUT2D eigenvalue weighted by molar-refractivity contribution is 6.17. The molecule has 6 nitrogen and oxygen atoms in total. The van der Waals surface area contributed by atoms with E-state index in [1.54, 1.807) is 0 Å². The molecule has 0 fully saturated rings. The fraction of sp³-hybridized carbons (Fsp3) is 0.167. The highest BCUT2D eigenvalue weighted by Gasteiger charge is 2.18. The van der Waals surface area contributed by atoms with Crippen molar-refractivity contribution in [3.8, 4) is 0 Å². The molecular formula is C48H40N2O4. The lowest BCUT2D eigenvalue weighted by atomic mass is 9.97. The first kappa shape index (κ1) is 34.7. The van der Waals surface area contributed by atoms with Crippen molar-refractivity contribution in [3.05, 3.63) is 166 Å². The maximum Gasteiger partial charge on any atom is 0.193 e. The number of nitrogens with zero attached hydrogens (tertiary/aromatic N) is 1. The van der Waals surface area contributed by atoms with Gasteiger partial charge in [0, 0.05) is 96.4 Å². The highest BCUT2D eigenvalue weighted by Crippen LogP contribution is 2.33. The molecule has 0 aliphatic heterocycles. The average Bonchev–Trinajstić information content (AvgIpc) is 3.72. The van der Waals surface area contributed by atoms with Crippen LogP contribution < -0.4 is 0 Å². The van der Waals surface area contributed by atoms with Crippen molar-refractivity contribution < 1.29 is 19.2 Å². The third kappa shape index (κ3) is 6.24. The van der Waals surface area contributed by atoms with Gasteiger partial charge in [-0.1, -0.05) is 48.5 Å². The topological polar surface area (TPSA) is 89.0 Å². The van der Waals surface area contributed by atoms with Crippen LogP contribution in [0.2, 0.25) is 0 Å². The van der Waals surface area contributed by atoms with Gasteiger partial charge < -0.3 is 9.55 Å². The zero-order valence-electron chi connectivity index (χ0n) is 30.7. The second-order valence-electron chi connectivity index (χ2n) is 14.2. The van der Waals surface area contributed by atoms with Gasteiger partial charge in [0.15, 0.2) is 23.1 Å². The molecule has 266 valence electrons. The fourth-order valence-corrected chi connectivity index (χ4v) is 7.80. The maximum absolute atomic E-state index is 13.5. The highest BCUT2D eigenvalue weighted by atomic mass is 16.1. The van der Waals surface area contributed by atoms with E-state index in [1.807, 2.05) is 135 Å². The van der Waals surface area contributed by atoms with Crippen molar-refractivity contribution in [2.75, 3.05) is 0 Å². The first-order chi connectivity index (χ1) is 26.2. The number of unbranched alkanes of at least 4 members (excludes halogenated alkanes) is 1. The van der Waals surface area contributed by atoms with Crippen LogP contribution in [0.1, 0.15) is 96.3 Å². The zero-order chi connectivity index (χ0) is 37.5. The van der Waals surface area contributed by atoms with Crippen molar-refractivity contribution in [1.29, 1.82) is 0 Å². The van der Waals surface area contributed by atoms with Gasteiger partial charge in [-0.05, 0) is 118 Å². The molecule has 8 rings (SSSR count). The minimum atomic E-state index is -0.0294. The lowest BCUT2D eigenvalue weighted by Gasteiger charge is -2.06. The van der Waals surface area contributed by atoms with Crippen molar-refractivity contribution in [2.24, 2.45) is 0 Å². The summed E-state index contributed by atoms with van der Waals surface area (Å²) in [6, 6.07) is 38.2. The molecule has 0 unspecified atom stereocenters. The standard InChI is InChI=1S/C48H40N2O4/c1-4-50-43-23-19-32(26-39(43)40-28-34(20-24-44(40)50)48(54)36-14-8-6-12-30(36)3)46(52)16-10-9-15-45(51)31-17-21-41-37(25-31)38-27-33(18-22-42(38)49-41)47(53)35-13-7-5-11-29(35)2/h5-8,11-14,17-28,49H,4,9-10,15-16H2,1-3H3. The Morgan fingerprint density at radius 1 is 0.500 bits per heavy atom. The Hall–Kier alpha value is -6.40. The third-order valence-corrected chi connectivity index (χ3v) is 10.8. The number of nitrogens with one attached hydrogen (secondary N) is 1. The van der Waals surface area contributed by atoms with Crippen molar-refractivity contribution >= 4 is 66.7 Å². The normalized spacial score (nSPS) is 11.5. The van der Waals surface area contributed by atoms with Crippen LogP contribution in [-0.2, 0) is 6.54 Å². The van der Waals surface area contributed by atoms with Crippen LogP contribution in [0.25, 0.3) is 43.6 Å². The number of carbonyl (C=O) groups is 4. The summed E-state index contributed by atoms with van der Waals surface area (Å²) in [6.45, 7) is 6.73. The molecule has 0 atom stereocenters. The molecule has 0 amide bonds. The molecule has 0 spiro atoms. The van der Waals surface area contributed by atoms with Crippen molar-refractivity contribution in [1.82, 2.24) is 9.55 Å². The van der Waals surface area contributed by atoms with Gasteiger partial charge in [0.1, 0.15) is 0 Å². The number of aromatic nitrogens is 2. The van der Waals surface area contributed by atoms with Crippen LogP contribution in [0.5, 0.6) is 0 Å². The molecule has 0 aliphatic carbocycles. The lowest BCUT2D eigenvalue weighted by Crippen LogP contribution is -2.03. The molecule has 1 N–H and O–H groups in total. The van der Waals surface area contributed by atoms with Crippen LogP contribution in [0.3, 0.4) is 0 Å². The zero-order valence-corrected chi connectivity index (χ0v) is 30.7. The summed E-state index contributed by atoms with van der Waals surface area (Å²) in [6.07, 6.45) is 1.85. The number of hydrogen-bond acceptors (Lipinski definition) is 4. The number of aryl methyl sites for hydroxylation is 3. The number of aromatic amines is 1. The van der Waals surface area contributed by atoms with E-state index in [-0.39, 0.29) is 23.1 Å². The van der Waals surface area contributed by atoms with Gasteiger partial charge >= 0.3 is 0 Å². The number of carbonyl (C=O) groups excluding carboxylic acids is 4. The quantitative estimate of drug-likeness (QED) is 0.101. The van der Waals surface area contributed by atoms with E-state index in [4.69, 9.17) is 0 Å². The Morgan fingerprint density at radius 3 is 1.41 bits per heavy atom. The number of hydrogen-bond donors (Lipinski definition) is 1. The Kier molecular flexibility index (Phi) is 9.12. The molecule has 8 aromatic rings. The van der Waals surface area contributed by atoms with Gasteiger partial charge in [-0.25, -0.2) is 0 Å². The van der Waals surface area contributed by atoms with E-state index < -0.39 is 0 Å².